The van der Waals surface area contributed by atoms with Crippen molar-refractivity contribution in [2.24, 2.45) is 17.3 Å². The van der Waals surface area contributed by atoms with Crippen molar-refractivity contribution in [1.82, 2.24) is 15.1 Å². The molecule has 0 radical (unpaired) electrons. The average Bonchev–Trinajstić information content (AvgIpc) is 3.63. The Morgan fingerprint density at radius 1 is 0.537 bits per heavy atom. The molecule has 4 aromatic carbocycles. The van der Waals surface area contributed by atoms with Gasteiger partial charge in [0.05, 0.1) is 13.1 Å². The highest BCUT2D eigenvalue weighted by Crippen LogP contribution is 2.45. The lowest BCUT2D eigenvalue weighted by Crippen LogP contribution is -2.38. The molecule has 292 valence electrons. The zero-order valence-corrected chi connectivity index (χ0v) is 32.8. The van der Waals surface area contributed by atoms with E-state index in [1.807, 2.05) is 131 Å². The minimum atomic E-state index is -2.70. The minimum absolute atomic E-state index is 0.0104. The second-order valence-electron chi connectivity index (χ2n) is 17.5. The first-order valence-electron chi connectivity index (χ1n) is 19.7. The maximum absolute atomic E-state index is 14.9. The molecule has 2 unspecified atom stereocenters. The largest absolute Gasteiger partial charge is 0.312 e. The van der Waals surface area contributed by atoms with Crippen LogP contribution in [0.4, 0.5) is 17.6 Å². The Morgan fingerprint density at radius 2 is 0.889 bits per heavy atom. The van der Waals surface area contributed by atoms with Gasteiger partial charge in [-0.1, -0.05) is 135 Å². The third kappa shape index (κ3) is 14.6. The highest BCUT2D eigenvalue weighted by atomic mass is 19.3. The van der Waals surface area contributed by atoms with Gasteiger partial charge in [0.25, 0.3) is 11.8 Å². The summed E-state index contributed by atoms with van der Waals surface area (Å²) in [6.45, 7) is 11.0. The Kier molecular flexibility index (Phi) is 14.6. The lowest BCUT2D eigenvalue weighted by atomic mass is 9.89. The molecule has 4 aromatic rings. The fourth-order valence-electron chi connectivity index (χ4n) is 8.52. The van der Waals surface area contributed by atoms with Crippen molar-refractivity contribution in [3.63, 3.8) is 0 Å². The monoisotopic (exact) mass is 743 g/mol. The number of nitrogens with zero attached hydrogens (tertiary/aromatic N) is 2. The molecule has 1 aliphatic heterocycles. The Balaban J connectivity index is 0.000000208. The van der Waals surface area contributed by atoms with Gasteiger partial charge in [-0.25, -0.2) is 17.6 Å². The van der Waals surface area contributed by atoms with Crippen molar-refractivity contribution in [2.75, 3.05) is 19.6 Å². The fourth-order valence-corrected chi connectivity index (χ4v) is 8.52. The third-order valence-corrected chi connectivity index (χ3v) is 10.8. The molecule has 2 atom stereocenters. The average molecular weight is 744 g/mol. The van der Waals surface area contributed by atoms with Crippen molar-refractivity contribution in [1.29, 1.82) is 0 Å². The third-order valence-electron chi connectivity index (χ3n) is 10.8. The van der Waals surface area contributed by atoms with Crippen molar-refractivity contribution >= 4 is 0 Å². The Hall–Kier alpha value is -3.52. The molecule has 3 nitrogen and oxygen atoms in total. The Bertz CT molecular complexity index is 1440. The molecule has 1 aliphatic carbocycles. The van der Waals surface area contributed by atoms with Crippen LogP contribution in [0.3, 0.4) is 0 Å². The van der Waals surface area contributed by atoms with Gasteiger partial charge in [-0.2, -0.15) is 0 Å². The van der Waals surface area contributed by atoms with E-state index in [1.165, 1.54) is 0 Å². The molecule has 0 amide bonds. The molecule has 1 N–H and O–H groups in total. The highest BCUT2D eigenvalue weighted by molar-refractivity contribution is 5.19. The smallest absolute Gasteiger partial charge is 0.260 e. The van der Waals surface area contributed by atoms with Gasteiger partial charge in [0.2, 0.25) is 0 Å². The van der Waals surface area contributed by atoms with Crippen LogP contribution in [0.25, 0.3) is 0 Å². The summed E-state index contributed by atoms with van der Waals surface area (Å²) in [6.07, 6.45) is 3.67. The summed E-state index contributed by atoms with van der Waals surface area (Å²) in [4.78, 5) is 3.77. The maximum atomic E-state index is 14.9. The maximum Gasteiger partial charge on any atom is 0.260 e. The Morgan fingerprint density at radius 3 is 1.19 bits per heavy atom. The summed E-state index contributed by atoms with van der Waals surface area (Å²) in [5.41, 5.74) is 4.46. The molecule has 2 fully saturated rings. The van der Waals surface area contributed by atoms with Gasteiger partial charge in [-0.3, -0.25) is 9.80 Å². The number of benzene rings is 4. The van der Waals surface area contributed by atoms with Crippen molar-refractivity contribution in [2.45, 2.75) is 110 Å². The molecule has 1 saturated heterocycles. The van der Waals surface area contributed by atoms with Gasteiger partial charge in [-0.05, 0) is 85.6 Å². The predicted molar refractivity (Wildman–Crippen MR) is 214 cm³/mol. The van der Waals surface area contributed by atoms with Crippen LogP contribution in [0, 0.1) is 17.3 Å². The standard InChI is InChI=1S/C24H31F2N.C23H30F2N2/c1-23(2)14-13-22(15-23)16-24(25,26)19-27(17-20-9-5-3-6-10-20)18-21-11-7-4-8-12-21;1-22(2)13-21(15-26-22)14-23(24,25)18-27(16-19-9-5-3-6-10-19)17-20-11-7-4-8-12-20/h3-12,22H,13-19H2,1-2H3;3-12,21,26H,13-18H2,1-2H3. The SMILES string of the molecule is CC1(C)CC(CC(F)(F)CN(Cc2ccccc2)Cc2ccccc2)CN1.CC1(C)CCC(CC(F)(F)CN(Cc2ccccc2)Cc2ccccc2)C1. The van der Waals surface area contributed by atoms with Gasteiger partial charge < -0.3 is 5.32 Å². The molecule has 2 aliphatic rings. The number of hydrogen-bond donors (Lipinski definition) is 1. The van der Waals surface area contributed by atoms with E-state index in [0.717, 1.165) is 47.9 Å². The zero-order valence-electron chi connectivity index (χ0n) is 32.8. The van der Waals surface area contributed by atoms with E-state index < -0.39 is 11.8 Å². The predicted octanol–water partition coefficient (Wildman–Crippen LogP) is 11.6. The molecule has 0 spiro atoms. The quantitative estimate of drug-likeness (QED) is 0.115. The first-order chi connectivity index (χ1) is 25.6. The van der Waals surface area contributed by atoms with Gasteiger partial charge in [0, 0.05) is 44.6 Å². The summed E-state index contributed by atoms with van der Waals surface area (Å²) in [5.74, 6) is -5.18. The first kappa shape index (κ1) is 41.6. The second-order valence-corrected chi connectivity index (χ2v) is 17.5. The zero-order chi connectivity index (χ0) is 38.7. The van der Waals surface area contributed by atoms with Gasteiger partial charge in [0.15, 0.2) is 0 Å². The summed E-state index contributed by atoms with van der Waals surface area (Å²) < 4.78 is 59.7. The second kappa shape index (κ2) is 18.9. The molecule has 1 heterocycles. The van der Waals surface area contributed by atoms with Crippen molar-refractivity contribution < 1.29 is 17.6 Å². The molecule has 7 heteroatoms. The summed E-state index contributed by atoms with van der Waals surface area (Å²) >= 11 is 0. The van der Waals surface area contributed by atoms with Crippen LogP contribution in [0.1, 0.15) is 88.5 Å². The highest BCUT2D eigenvalue weighted by Gasteiger charge is 2.41. The van der Waals surface area contributed by atoms with E-state index in [0.29, 0.717) is 32.7 Å². The molecule has 54 heavy (non-hydrogen) atoms. The molecule has 1 saturated carbocycles. The van der Waals surface area contributed by atoms with Crippen LogP contribution < -0.4 is 5.32 Å². The summed E-state index contributed by atoms with van der Waals surface area (Å²) in [6, 6.07) is 39.6. The van der Waals surface area contributed by atoms with Gasteiger partial charge >= 0.3 is 0 Å². The molecule has 6 rings (SSSR count). The number of alkyl halides is 4. The van der Waals surface area contributed by atoms with Crippen molar-refractivity contribution in [3.05, 3.63) is 144 Å². The first-order valence-corrected chi connectivity index (χ1v) is 19.7. The van der Waals surface area contributed by atoms with Crippen LogP contribution in [0.15, 0.2) is 121 Å². The number of rotatable bonds is 16. The van der Waals surface area contributed by atoms with E-state index in [2.05, 4.69) is 33.0 Å². The van der Waals surface area contributed by atoms with Crippen LogP contribution in [0.2, 0.25) is 0 Å². The number of nitrogens with one attached hydrogen (secondary N) is 1. The lowest BCUT2D eigenvalue weighted by molar-refractivity contribution is -0.0556. The minimum Gasteiger partial charge on any atom is -0.312 e. The fraction of sp³-hybridized carbons (Fsp3) is 0.489. The van der Waals surface area contributed by atoms with Crippen LogP contribution in [-0.2, 0) is 26.2 Å². The van der Waals surface area contributed by atoms with Crippen LogP contribution in [0.5, 0.6) is 0 Å². The van der Waals surface area contributed by atoms with Crippen molar-refractivity contribution in [3.8, 4) is 0 Å². The lowest BCUT2D eigenvalue weighted by Gasteiger charge is -2.29. The summed E-state index contributed by atoms with van der Waals surface area (Å²) in [7, 11) is 0. The number of halogens is 4. The normalized spacial score (nSPS) is 19.5. The van der Waals surface area contributed by atoms with E-state index in [-0.39, 0.29) is 48.7 Å². The molecule has 0 bridgehead atoms. The van der Waals surface area contributed by atoms with Gasteiger partial charge in [0.1, 0.15) is 0 Å². The summed E-state index contributed by atoms with van der Waals surface area (Å²) in [5, 5.41) is 3.35. The molecular weight excluding hydrogens is 683 g/mol. The molecule has 0 aromatic heterocycles. The Labute approximate surface area is 322 Å². The van der Waals surface area contributed by atoms with E-state index in [4.69, 9.17) is 0 Å². The van der Waals surface area contributed by atoms with Crippen LogP contribution >= 0.6 is 0 Å². The number of hydrogen-bond acceptors (Lipinski definition) is 3. The molecular formula is C47H61F4N3. The van der Waals surface area contributed by atoms with E-state index in [9.17, 15) is 17.6 Å². The topological polar surface area (TPSA) is 18.5 Å². The van der Waals surface area contributed by atoms with Crippen LogP contribution in [-0.4, -0.2) is 46.8 Å². The van der Waals surface area contributed by atoms with Gasteiger partial charge in [-0.15, -0.1) is 0 Å². The van der Waals surface area contributed by atoms with E-state index >= 15 is 0 Å². The van der Waals surface area contributed by atoms with E-state index in [1.54, 1.807) is 0 Å².